The molecule has 0 unspecified atom stereocenters. The van der Waals surface area contributed by atoms with E-state index in [2.05, 4.69) is 28.4 Å². The van der Waals surface area contributed by atoms with Crippen molar-refractivity contribution >= 4 is 6.08 Å². The molecule has 1 heterocycles. The molecule has 0 bridgehead atoms. The Bertz CT molecular complexity index is 432. The van der Waals surface area contributed by atoms with E-state index in [4.69, 9.17) is 9.84 Å². The highest BCUT2D eigenvalue weighted by Crippen LogP contribution is 2.18. The Morgan fingerprint density at radius 2 is 2.30 bits per heavy atom. The largest absolute Gasteiger partial charge is 0.496 e. The van der Waals surface area contributed by atoms with Crippen molar-refractivity contribution in [1.82, 2.24) is 10.2 Å². The van der Waals surface area contributed by atoms with E-state index in [-0.39, 0.29) is 6.61 Å². The van der Waals surface area contributed by atoms with Gasteiger partial charge >= 0.3 is 0 Å². The quantitative estimate of drug-likeness (QED) is 0.823. The summed E-state index contributed by atoms with van der Waals surface area (Å²) in [5.74, 6) is 0.899. The van der Waals surface area contributed by atoms with Gasteiger partial charge in [-0.05, 0) is 12.5 Å². The molecule has 1 aromatic carbocycles. The summed E-state index contributed by atoms with van der Waals surface area (Å²) < 4.78 is 5.34. The van der Waals surface area contributed by atoms with Crippen molar-refractivity contribution < 1.29 is 9.84 Å². The van der Waals surface area contributed by atoms with Gasteiger partial charge in [0.15, 0.2) is 0 Å². The third-order valence-corrected chi connectivity index (χ3v) is 3.71. The molecule has 1 aromatic rings. The maximum atomic E-state index is 9.12. The van der Waals surface area contributed by atoms with Crippen molar-refractivity contribution in [3.05, 3.63) is 35.9 Å². The summed E-state index contributed by atoms with van der Waals surface area (Å²) in [5.41, 5.74) is 1.10. The molecule has 0 aromatic heterocycles. The van der Waals surface area contributed by atoms with Crippen LogP contribution in [0.3, 0.4) is 0 Å². The average Bonchev–Trinajstić information content (AvgIpc) is 2.50. The summed E-state index contributed by atoms with van der Waals surface area (Å²) in [6.45, 7) is 4.16. The van der Waals surface area contributed by atoms with Crippen LogP contribution in [0.1, 0.15) is 12.0 Å². The van der Waals surface area contributed by atoms with Crippen LogP contribution in [-0.4, -0.2) is 55.9 Å². The van der Waals surface area contributed by atoms with Gasteiger partial charge in [0, 0.05) is 44.4 Å². The number of methoxy groups -OCH3 is 1. The summed E-state index contributed by atoms with van der Waals surface area (Å²) in [6, 6.07) is 8.44. The molecule has 2 N–H and O–H groups in total. The molecule has 2 rings (SSSR count). The minimum Gasteiger partial charge on any atom is -0.496 e. The Morgan fingerprint density at radius 1 is 1.45 bits per heavy atom. The first-order valence-electron chi connectivity index (χ1n) is 7.20. The number of rotatable bonds is 6. The number of ether oxygens (including phenoxy) is 1. The minimum atomic E-state index is 0.249. The zero-order valence-corrected chi connectivity index (χ0v) is 12.1. The normalized spacial score (nSPS) is 20.4. The van der Waals surface area contributed by atoms with Crippen LogP contribution in [0.15, 0.2) is 30.3 Å². The zero-order valence-electron chi connectivity index (χ0n) is 12.1. The number of nitrogens with zero attached hydrogens (tertiary/aromatic N) is 1. The lowest BCUT2D eigenvalue weighted by molar-refractivity contribution is 0.143. The standard InChI is InChI=1S/C16H24N2O2/c1-20-16-7-3-2-5-14(16)6-4-10-18-11-9-17-13-15(18)8-12-19/h2-7,15,17,19H,8-13H2,1H3/b6-4+/t15-/m1/s1. The molecule has 1 aliphatic heterocycles. The first kappa shape index (κ1) is 15.0. The molecule has 0 spiro atoms. The molecular weight excluding hydrogens is 252 g/mol. The van der Waals surface area contributed by atoms with E-state index in [1.54, 1.807) is 7.11 Å². The number of hydrogen-bond acceptors (Lipinski definition) is 4. The molecule has 1 aliphatic rings. The lowest BCUT2D eigenvalue weighted by Crippen LogP contribution is -2.51. The van der Waals surface area contributed by atoms with Gasteiger partial charge in [0.2, 0.25) is 0 Å². The van der Waals surface area contributed by atoms with Gasteiger partial charge in [-0.25, -0.2) is 0 Å². The molecule has 4 heteroatoms. The van der Waals surface area contributed by atoms with Gasteiger partial charge < -0.3 is 15.2 Å². The molecule has 4 nitrogen and oxygen atoms in total. The fourth-order valence-corrected chi connectivity index (χ4v) is 2.60. The number of benzene rings is 1. The third kappa shape index (κ3) is 4.07. The van der Waals surface area contributed by atoms with Crippen molar-refractivity contribution in [1.29, 1.82) is 0 Å². The Hall–Kier alpha value is -1.36. The van der Waals surface area contributed by atoms with Crippen molar-refractivity contribution in [2.24, 2.45) is 0 Å². The van der Waals surface area contributed by atoms with E-state index in [1.807, 2.05) is 18.2 Å². The predicted molar refractivity (Wildman–Crippen MR) is 82.0 cm³/mol. The van der Waals surface area contributed by atoms with E-state index in [0.717, 1.165) is 43.9 Å². The van der Waals surface area contributed by atoms with E-state index in [1.165, 1.54) is 0 Å². The zero-order chi connectivity index (χ0) is 14.2. The first-order chi connectivity index (χ1) is 9.85. The third-order valence-electron chi connectivity index (χ3n) is 3.71. The summed E-state index contributed by atoms with van der Waals surface area (Å²) in [6.07, 6.45) is 5.11. The monoisotopic (exact) mass is 276 g/mol. The average molecular weight is 276 g/mol. The smallest absolute Gasteiger partial charge is 0.126 e. The number of piperazine rings is 1. The molecule has 1 atom stereocenters. The van der Waals surface area contributed by atoms with Gasteiger partial charge in [0.25, 0.3) is 0 Å². The Kier molecular flexibility index (Phi) is 6.05. The van der Waals surface area contributed by atoms with Gasteiger partial charge in [-0.1, -0.05) is 30.4 Å². The summed E-state index contributed by atoms with van der Waals surface area (Å²) in [7, 11) is 1.69. The maximum Gasteiger partial charge on any atom is 0.126 e. The van der Waals surface area contributed by atoms with Crippen LogP contribution in [0.25, 0.3) is 6.08 Å². The first-order valence-corrected chi connectivity index (χ1v) is 7.20. The molecule has 1 fully saturated rings. The molecular formula is C16H24N2O2. The van der Waals surface area contributed by atoms with Gasteiger partial charge in [0.05, 0.1) is 7.11 Å². The summed E-state index contributed by atoms with van der Waals surface area (Å²) >= 11 is 0. The molecule has 0 amide bonds. The van der Waals surface area contributed by atoms with Crippen LogP contribution in [0.5, 0.6) is 5.75 Å². The van der Waals surface area contributed by atoms with Crippen LogP contribution in [0, 0.1) is 0 Å². The second-order valence-corrected chi connectivity index (χ2v) is 5.01. The van der Waals surface area contributed by atoms with E-state index in [9.17, 15) is 0 Å². The topological polar surface area (TPSA) is 44.7 Å². The van der Waals surface area contributed by atoms with Crippen molar-refractivity contribution in [2.75, 3.05) is 39.9 Å². The highest BCUT2D eigenvalue weighted by molar-refractivity contribution is 5.57. The highest BCUT2D eigenvalue weighted by Gasteiger charge is 2.20. The highest BCUT2D eigenvalue weighted by atomic mass is 16.5. The second kappa shape index (κ2) is 8.04. The van der Waals surface area contributed by atoms with Crippen molar-refractivity contribution in [2.45, 2.75) is 12.5 Å². The van der Waals surface area contributed by atoms with Crippen molar-refractivity contribution in [3.8, 4) is 5.75 Å². The number of nitrogens with one attached hydrogen (secondary N) is 1. The van der Waals surface area contributed by atoms with Crippen molar-refractivity contribution in [3.63, 3.8) is 0 Å². The van der Waals surface area contributed by atoms with Crippen LogP contribution in [0.4, 0.5) is 0 Å². The van der Waals surface area contributed by atoms with Gasteiger partial charge in [-0.2, -0.15) is 0 Å². The summed E-state index contributed by atoms with van der Waals surface area (Å²) in [4.78, 5) is 2.42. The number of aliphatic hydroxyl groups is 1. The van der Waals surface area contributed by atoms with E-state index < -0.39 is 0 Å². The maximum absolute atomic E-state index is 9.12. The van der Waals surface area contributed by atoms with Gasteiger partial charge in [0.1, 0.15) is 5.75 Å². The molecule has 0 radical (unpaired) electrons. The number of para-hydroxylation sites is 1. The fourth-order valence-electron chi connectivity index (χ4n) is 2.60. The minimum absolute atomic E-state index is 0.249. The second-order valence-electron chi connectivity index (χ2n) is 5.01. The lowest BCUT2D eigenvalue weighted by Gasteiger charge is -2.35. The lowest BCUT2D eigenvalue weighted by atomic mass is 10.1. The molecule has 20 heavy (non-hydrogen) atoms. The van der Waals surface area contributed by atoms with Gasteiger partial charge in [-0.3, -0.25) is 4.90 Å². The van der Waals surface area contributed by atoms with E-state index >= 15 is 0 Å². The SMILES string of the molecule is COc1ccccc1/C=C/CN1CCNC[C@H]1CCO. The van der Waals surface area contributed by atoms with Gasteiger partial charge in [-0.15, -0.1) is 0 Å². The summed E-state index contributed by atoms with van der Waals surface area (Å²) in [5, 5.41) is 12.5. The molecule has 110 valence electrons. The Balaban J connectivity index is 1.94. The number of hydrogen-bond donors (Lipinski definition) is 2. The van der Waals surface area contributed by atoms with E-state index in [0.29, 0.717) is 6.04 Å². The molecule has 0 saturated carbocycles. The van der Waals surface area contributed by atoms with Crippen LogP contribution >= 0.6 is 0 Å². The fraction of sp³-hybridized carbons (Fsp3) is 0.500. The molecule has 0 aliphatic carbocycles. The predicted octanol–water partition coefficient (Wildman–Crippen LogP) is 1.36. The van der Waals surface area contributed by atoms with Crippen LogP contribution in [0.2, 0.25) is 0 Å². The van der Waals surface area contributed by atoms with Crippen LogP contribution in [-0.2, 0) is 0 Å². The molecule has 1 saturated heterocycles. The number of aliphatic hydroxyl groups excluding tert-OH is 1. The Labute approximate surface area is 121 Å². The van der Waals surface area contributed by atoms with Crippen LogP contribution < -0.4 is 10.1 Å². The Morgan fingerprint density at radius 3 is 3.10 bits per heavy atom.